The third-order valence-corrected chi connectivity index (χ3v) is 2.13. The van der Waals surface area contributed by atoms with E-state index in [2.05, 4.69) is 6.58 Å². The fraction of sp³-hybridized carbons (Fsp3) is 0.167. The van der Waals surface area contributed by atoms with E-state index >= 15 is 0 Å². The Morgan fingerprint density at radius 3 is 3.07 bits per heavy atom. The lowest BCUT2D eigenvalue weighted by molar-refractivity contribution is 0.298. The number of rotatable bonds is 3. The fourth-order valence-corrected chi connectivity index (χ4v) is 1.50. The van der Waals surface area contributed by atoms with E-state index in [1.165, 1.54) is 6.07 Å². The molecule has 0 aliphatic rings. The highest BCUT2D eigenvalue weighted by atomic mass is 19.1. The van der Waals surface area contributed by atoms with Crippen molar-refractivity contribution in [1.29, 1.82) is 0 Å². The van der Waals surface area contributed by atoms with Gasteiger partial charge in [-0.3, -0.25) is 0 Å². The van der Waals surface area contributed by atoms with Crippen molar-refractivity contribution < 1.29 is 13.5 Å². The maximum absolute atomic E-state index is 12.9. The molecule has 0 aliphatic heterocycles. The van der Waals surface area contributed by atoms with Crippen molar-refractivity contribution in [2.24, 2.45) is 0 Å². The molecule has 78 valence electrons. The minimum atomic E-state index is -0.596. The first-order chi connectivity index (χ1) is 7.22. The molecule has 2 rings (SSSR count). The molecule has 15 heavy (non-hydrogen) atoms. The average Bonchev–Trinajstić information content (AvgIpc) is 2.57. The van der Waals surface area contributed by atoms with Crippen molar-refractivity contribution >= 4 is 16.7 Å². The van der Waals surface area contributed by atoms with Gasteiger partial charge < -0.3 is 9.15 Å². The van der Waals surface area contributed by atoms with Gasteiger partial charge in [0.05, 0.1) is 12.2 Å². The van der Waals surface area contributed by atoms with Crippen LogP contribution in [0.4, 0.5) is 4.39 Å². The summed E-state index contributed by atoms with van der Waals surface area (Å²) in [5.74, 6) is 0.498. The summed E-state index contributed by atoms with van der Waals surface area (Å²) in [6.07, 6.45) is 0. The minimum absolute atomic E-state index is 0.480. The molecule has 0 saturated carbocycles. The normalized spacial score (nSPS) is 10.5. The van der Waals surface area contributed by atoms with Crippen LogP contribution in [0.5, 0.6) is 0 Å². The first kappa shape index (κ1) is 9.77. The number of ether oxygens (including phenoxy) is 1. The van der Waals surface area contributed by atoms with Crippen LogP contribution in [0.1, 0.15) is 12.5 Å². The molecule has 3 heteroatoms. The lowest BCUT2D eigenvalue weighted by atomic mass is 10.1. The van der Waals surface area contributed by atoms with Gasteiger partial charge in [0.2, 0.25) is 0 Å². The molecule has 0 amide bonds. The van der Waals surface area contributed by atoms with Gasteiger partial charge in [-0.2, -0.15) is 4.39 Å². The summed E-state index contributed by atoms with van der Waals surface area (Å²) in [6.45, 7) is 6.16. The molecule has 1 aromatic heterocycles. The van der Waals surface area contributed by atoms with Gasteiger partial charge in [-0.1, -0.05) is 18.7 Å². The van der Waals surface area contributed by atoms with E-state index in [1.54, 1.807) is 12.1 Å². The number of furan rings is 1. The van der Waals surface area contributed by atoms with Crippen LogP contribution >= 0.6 is 0 Å². The number of benzene rings is 1. The number of halogens is 1. The highest BCUT2D eigenvalue weighted by Gasteiger charge is 2.10. The van der Waals surface area contributed by atoms with Crippen molar-refractivity contribution in [2.45, 2.75) is 6.92 Å². The molecule has 0 radical (unpaired) electrons. The van der Waals surface area contributed by atoms with Crippen LogP contribution in [0, 0.1) is 6.01 Å². The smallest absolute Gasteiger partial charge is 0.278 e. The Bertz CT molecular complexity index is 499. The lowest BCUT2D eigenvalue weighted by Gasteiger charge is -2.06. The Hall–Kier alpha value is -1.77. The van der Waals surface area contributed by atoms with Crippen molar-refractivity contribution in [3.8, 4) is 0 Å². The molecule has 1 heterocycles. The second-order valence-electron chi connectivity index (χ2n) is 3.13. The van der Waals surface area contributed by atoms with Crippen LogP contribution in [-0.4, -0.2) is 6.61 Å². The number of para-hydroxylation sites is 1. The summed E-state index contributed by atoms with van der Waals surface area (Å²) < 4.78 is 23.1. The van der Waals surface area contributed by atoms with Crippen molar-refractivity contribution in [1.82, 2.24) is 0 Å². The zero-order valence-corrected chi connectivity index (χ0v) is 8.42. The van der Waals surface area contributed by atoms with E-state index in [1.807, 2.05) is 13.0 Å². The predicted molar refractivity (Wildman–Crippen MR) is 56.8 cm³/mol. The number of hydrogen-bond acceptors (Lipinski definition) is 2. The maximum Gasteiger partial charge on any atom is 0.278 e. The van der Waals surface area contributed by atoms with Gasteiger partial charge >= 0.3 is 0 Å². The fourth-order valence-electron chi connectivity index (χ4n) is 1.50. The monoisotopic (exact) mass is 206 g/mol. The maximum atomic E-state index is 12.9. The van der Waals surface area contributed by atoms with Crippen LogP contribution in [0.15, 0.2) is 35.3 Å². The van der Waals surface area contributed by atoms with E-state index in [-0.39, 0.29) is 0 Å². The molecule has 0 spiro atoms. The van der Waals surface area contributed by atoms with E-state index in [9.17, 15) is 4.39 Å². The third-order valence-electron chi connectivity index (χ3n) is 2.13. The Morgan fingerprint density at radius 2 is 2.33 bits per heavy atom. The molecule has 0 bridgehead atoms. The summed E-state index contributed by atoms with van der Waals surface area (Å²) in [5.41, 5.74) is 1.17. The van der Waals surface area contributed by atoms with Crippen molar-refractivity contribution in [3.05, 3.63) is 42.4 Å². The summed E-state index contributed by atoms with van der Waals surface area (Å²) in [6, 6.07) is 6.14. The Kier molecular flexibility index (Phi) is 2.46. The van der Waals surface area contributed by atoms with E-state index < -0.39 is 6.01 Å². The quantitative estimate of drug-likeness (QED) is 0.716. The Morgan fingerprint density at radius 1 is 1.53 bits per heavy atom. The Labute approximate surface area is 87.0 Å². The summed E-state index contributed by atoms with van der Waals surface area (Å²) >= 11 is 0. The molecule has 2 nitrogen and oxygen atoms in total. The van der Waals surface area contributed by atoms with Crippen LogP contribution in [0.2, 0.25) is 0 Å². The van der Waals surface area contributed by atoms with Crippen LogP contribution in [-0.2, 0) is 4.74 Å². The number of hydrogen-bond donors (Lipinski definition) is 0. The zero-order valence-electron chi connectivity index (χ0n) is 8.42. The van der Waals surface area contributed by atoms with Gasteiger partial charge in [0.25, 0.3) is 6.01 Å². The molecule has 0 saturated heterocycles. The van der Waals surface area contributed by atoms with Crippen molar-refractivity contribution in [2.75, 3.05) is 6.61 Å². The van der Waals surface area contributed by atoms with Gasteiger partial charge in [-0.15, -0.1) is 0 Å². The largest absolute Gasteiger partial charge is 0.494 e. The predicted octanol–water partition coefficient (Wildman–Crippen LogP) is 3.58. The van der Waals surface area contributed by atoms with Crippen LogP contribution in [0.3, 0.4) is 0 Å². The topological polar surface area (TPSA) is 22.4 Å². The molecule has 0 fully saturated rings. The summed E-state index contributed by atoms with van der Waals surface area (Å²) in [4.78, 5) is 0. The minimum Gasteiger partial charge on any atom is -0.494 e. The van der Waals surface area contributed by atoms with Gasteiger partial charge in [0.15, 0.2) is 0 Å². The highest BCUT2D eigenvalue weighted by molar-refractivity contribution is 5.87. The summed E-state index contributed by atoms with van der Waals surface area (Å²) in [5, 5.41) is 0.714. The second-order valence-corrected chi connectivity index (χ2v) is 3.13. The highest BCUT2D eigenvalue weighted by Crippen LogP contribution is 2.27. The molecule has 0 unspecified atom stereocenters. The van der Waals surface area contributed by atoms with E-state index in [0.717, 1.165) is 0 Å². The first-order valence-electron chi connectivity index (χ1n) is 4.72. The van der Waals surface area contributed by atoms with Gasteiger partial charge in [-0.25, -0.2) is 0 Å². The molecular formula is C12H11FO2. The molecular weight excluding hydrogens is 195 g/mol. The molecule has 0 aliphatic carbocycles. The van der Waals surface area contributed by atoms with Gasteiger partial charge in [-0.05, 0) is 13.0 Å². The number of fused-ring (bicyclic) bond motifs is 1. The SMILES string of the molecule is C=C(OCC)c1cccc2cc(F)oc12. The first-order valence-corrected chi connectivity index (χ1v) is 4.72. The molecule has 0 atom stereocenters. The molecule has 1 aromatic carbocycles. The third kappa shape index (κ3) is 1.73. The van der Waals surface area contributed by atoms with Crippen LogP contribution in [0.25, 0.3) is 16.7 Å². The second kappa shape index (κ2) is 3.77. The standard InChI is InChI=1S/C12H11FO2/c1-3-14-8(2)10-6-4-5-9-7-11(13)15-12(9)10/h4-7H,2-3H2,1H3. The molecule has 2 aromatic rings. The van der Waals surface area contributed by atoms with Gasteiger partial charge in [0, 0.05) is 11.5 Å². The van der Waals surface area contributed by atoms with Gasteiger partial charge in [0.1, 0.15) is 11.3 Å². The van der Waals surface area contributed by atoms with Crippen molar-refractivity contribution in [3.63, 3.8) is 0 Å². The molecule has 0 N–H and O–H groups in total. The van der Waals surface area contributed by atoms with E-state index in [0.29, 0.717) is 28.9 Å². The zero-order chi connectivity index (χ0) is 10.8. The van der Waals surface area contributed by atoms with E-state index in [4.69, 9.17) is 9.15 Å². The van der Waals surface area contributed by atoms with Crippen LogP contribution < -0.4 is 0 Å². The lowest BCUT2D eigenvalue weighted by Crippen LogP contribution is -1.89. The summed E-state index contributed by atoms with van der Waals surface area (Å²) in [7, 11) is 0. The average molecular weight is 206 g/mol. The Balaban J connectivity index is 2.55.